The van der Waals surface area contributed by atoms with E-state index in [9.17, 15) is 13.2 Å². The highest BCUT2D eigenvalue weighted by atomic mass is 80.0. The van der Waals surface area contributed by atoms with Crippen molar-refractivity contribution in [1.29, 1.82) is 0 Å². The Morgan fingerprint density at radius 1 is 1.10 bits per heavy atom. The lowest BCUT2D eigenvalue weighted by atomic mass is 10.1. The van der Waals surface area contributed by atoms with Gasteiger partial charge < -0.3 is 12.6 Å². The zero-order valence-electron chi connectivity index (χ0n) is 10.6. The molecule has 1 aromatic heterocycles. The Morgan fingerprint density at radius 2 is 1.60 bits per heavy atom. The maximum atomic E-state index is 13.0. The molecule has 0 fully saturated rings. The van der Waals surface area contributed by atoms with Gasteiger partial charge in [0.05, 0.1) is 10.5 Å². The normalized spacial score (nSPS) is 12.8. The van der Waals surface area contributed by atoms with Gasteiger partial charge in [-0.2, -0.15) is 0 Å². The molecule has 0 saturated carbocycles. The largest absolute Gasteiger partial charge is 0.600 e. The molecule has 1 atom stereocenters. The van der Waals surface area contributed by atoms with Crippen molar-refractivity contribution >= 4 is 20.6 Å². The highest BCUT2D eigenvalue weighted by Gasteiger charge is 2.48. The third-order valence-electron chi connectivity index (χ3n) is 2.47. The van der Waals surface area contributed by atoms with Crippen LogP contribution in [0.15, 0.2) is 30.3 Å². The van der Waals surface area contributed by atoms with Gasteiger partial charge in [-0.25, -0.2) is 0 Å². The third-order valence-corrected chi connectivity index (χ3v) is 4.81. The van der Waals surface area contributed by atoms with Gasteiger partial charge in [0.25, 0.3) is 0 Å². The minimum atomic E-state index is -4.16. The lowest BCUT2D eigenvalue weighted by Crippen LogP contribution is -2.42. The molecule has 0 spiro atoms. The molecule has 8 heteroatoms. The molecule has 0 aliphatic carbocycles. The lowest BCUT2D eigenvalue weighted by molar-refractivity contribution is -1.73. The van der Waals surface area contributed by atoms with Crippen LogP contribution in [0.25, 0.3) is 10.1 Å². The zero-order valence-corrected chi connectivity index (χ0v) is 13.0. The standard InChI is InChI=1S/C12H12F3S.BrO3/c1-8(2)11-7-9-5-3-4-6-10(9)16(11)12(13,14)15;2-1(3)4/h3-8H,1-2H3;/q+1;-1. The number of rotatable bonds is 1. The second-order valence-corrected chi connectivity index (χ2v) is 6.96. The Bertz CT molecular complexity index is 564. The Balaban J connectivity index is 0.000000444. The van der Waals surface area contributed by atoms with E-state index in [0.29, 0.717) is 15.0 Å². The average Bonchev–Trinajstić information content (AvgIpc) is 2.66. The summed E-state index contributed by atoms with van der Waals surface area (Å²) in [6.45, 7) is 3.62. The van der Waals surface area contributed by atoms with E-state index in [1.165, 1.54) is 0 Å². The summed E-state index contributed by atoms with van der Waals surface area (Å²) in [5.41, 5.74) is -4.16. The van der Waals surface area contributed by atoms with Gasteiger partial charge in [0.1, 0.15) is 0 Å². The smallest absolute Gasteiger partial charge is 0.405 e. The number of alkyl halides is 3. The van der Waals surface area contributed by atoms with Gasteiger partial charge in [0.15, 0.2) is 9.58 Å². The molecule has 0 aliphatic heterocycles. The Morgan fingerprint density at radius 3 is 2.05 bits per heavy atom. The van der Waals surface area contributed by atoms with E-state index >= 15 is 0 Å². The first-order valence-electron chi connectivity index (χ1n) is 5.49. The summed E-state index contributed by atoms with van der Waals surface area (Å²) in [5, 5.41) is 0.715. The molecule has 0 radical (unpaired) electrons. The monoisotopic (exact) mass is 372 g/mol. The maximum absolute atomic E-state index is 13.0. The molecule has 1 unspecified atom stereocenters. The number of halogens is 4. The van der Waals surface area contributed by atoms with Crippen molar-refractivity contribution in [3.05, 3.63) is 35.2 Å². The van der Waals surface area contributed by atoms with Gasteiger partial charge in [-0.15, -0.1) is 13.2 Å². The lowest BCUT2D eigenvalue weighted by Gasteiger charge is -2.01. The predicted octanol–water partition coefficient (Wildman–Crippen LogP) is 1.62. The molecular weight excluding hydrogens is 361 g/mol. The molecule has 2 rings (SSSR count). The number of thiophene rings is 1. The van der Waals surface area contributed by atoms with Crippen molar-refractivity contribution < 1.29 is 40.6 Å². The molecule has 0 aliphatic rings. The van der Waals surface area contributed by atoms with Crippen LogP contribution in [0.3, 0.4) is 0 Å². The average molecular weight is 373 g/mol. The molecule has 112 valence electrons. The fraction of sp³-hybridized carbons (Fsp3) is 0.333. The van der Waals surface area contributed by atoms with Crippen molar-refractivity contribution in [3.8, 4) is 0 Å². The van der Waals surface area contributed by atoms with Crippen LogP contribution in [-0.2, 0) is 5.51 Å². The van der Waals surface area contributed by atoms with Crippen LogP contribution in [-0.4, -0.2) is 0 Å². The molecular formula is C12H12BrF3O3S. The third kappa shape index (κ3) is 4.42. The van der Waals surface area contributed by atoms with E-state index in [1.807, 2.05) is 13.8 Å². The van der Waals surface area contributed by atoms with Gasteiger partial charge in [0, 0.05) is 17.4 Å². The molecule has 1 heterocycles. The van der Waals surface area contributed by atoms with Gasteiger partial charge in [0.2, 0.25) is 14.8 Å². The van der Waals surface area contributed by atoms with Crippen LogP contribution >= 0.6 is 10.5 Å². The highest BCUT2D eigenvalue weighted by Crippen LogP contribution is 2.52. The van der Waals surface area contributed by atoms with E-state index < -0.39 is 30.8 Å². The molecule has 0 saturated heterocycles. The van der Waals surface area contributed by atoms with Crippen LogP contribution in [0, 0.1) is 14.8 Å². The molecule has 0 N–H and O–H groups in total. The summed E-state index contributed by atoms with van der Waals surface area (Å²) < 4.78 is 65.0. The number of hydrogen-bond donors (Lipinski definition) is 0. The maximum Gasteiger partial charge on any atom is 0.600 e. The first kappa shape index (κ1) is 17.4. The second kappa shape index (κ2) is 6.86. The summed E-state index contributed by atoms with van der Waals surface area (Å²) in [7, 11) is -1.73. The Labute approximate surface area is 122 Å². The summed E-state index contributed by atoms with van der Waals surface area (Å²) >= 11 is -3.65. The minimum Gasteiger partial charge on any atom is -0.405 e. The summed E-state index contributed by atoms with van der Waals surface area (Å²) in [6.07, 6.45) is 0. The minimum absolute atomic E-state index is 0.0719. The van der Waals surface area contributed by atoms with Gasteiger partial charge in [-0.05, 0) is 12.1 Å². The molecule has 2 aromatic rings. The number of benzene rings is 1. The SMILES string of the molecule is CC(C)c1cc2ccccc2[s+]1C(F)(F)F.[O-][Br+2]([O-])[O-]. The second-order valence-electron chi connectivity index (χ2n) is 4.18. The van der Waals surface area contributed by atoms with E-state index in [0.717, 1.165) is 0 Å². The van der Waals surface area contributed by atoms with Crippen molar-refractivity contribution in [2.45, 2.75) is 25.3 Å². The van der Waals surface area contributed by atoms with Crippen molar-refractivity contribution in [1.82, 2.24) is 0 Å². The van der Waals surface area contributed by atoms with E-state index in [-0.39, 0.29) is 5.92 Å². The molecule has 20 heavy (non-hydrogen) atoms. The molecule has 0 amide bonds. The van der Waals surface area contributed by atoms with Crippen LogP contribution in [0.4, 0.5) is 13.2 Å². The van der Waals surface area contributed by atoms with Crippen molar-refractivity contribution in [2.75, 3.05) is 0 Å². The molecule has 1 aromatic carbocycles. The first-order valence-corrected chi connectivity index (χ1v) is 8.66. The Kier molecular flexibility index (Phi) is 5.96. The van der Waals surface area contributed by atoms with Crippen LogP contribution in [0.5, 0.6) is 0 Å². The van der Waals surface area contributed by atoms with E-state index in [4.69, 9.17) is 12.6 Å². The first-order chi connectivity index (χ1) is 9.14. The summed E-state index contributed by atoms with van der Waals surface area (Å²) in [6, 6.07) is 8.46. The fourth-order valence-electron chi connectivity index (χ4n) is 1.79. The van der Waals surface area contributed by atoms with Gasteiger partial charge >= 0.3 is 5.51 Å². The van der Waals surface area contributed by atoms with E-state index in [1.54, 1.807) is 30.3 Å². The van der Waals surface area contributed by atoms with E-state index in [2.05, 4.69) is 0 Å². The number of fused-ring (bicyclic) bond motifs is 1. The summed E-state index contributed by atoms with van der Waals surface area (Å²) in [5.74, 6) is -0.0719. The van der Waals surface area contributed by atoms with Crippen molar-refractivity contribution in [2.24, 2.45) is 0 Å². The highest BCUT2D eigenvalue weighted by molar-refractivity contribution is 7.38. The fourth-order valence-corrected chi connectivity index (χ4v) is 3.85. The zero-order chi connectivity index (χ0) is 15.5. The summed E-state index contributed by atoms with van der Waals surface area (Å²) in [4.78, 5) is 0.494. The number of hydrogen-bond acceptors (Lipinski definition) is 3. The Hall–Kier alpha value is -0.670. The predicted molar refractivity (Wildman–Crippen MR) is 61.8 cm³/mol. The van der Waals surface area contributed by atoms with Crippen LogP contribution < -0.4 is 12.6 Å². The van der Waals surface area contributed by atoms with Gasteiger partial charge in [-0.1, -0.05) is 26.0 Å². The molecule has 3 nitrogen and oxygen atoms in total. The quantitative estimate of drug-likeness (QED) is 0.714. The van der Waals surface area contributed by atoms with Crippen molar-refractivity contribution in [3.63, 3.8) is 0 Å². The van der Waals surface area contributed by atoms with Crippen LogP contribution in [0.2, 0.25) is 0 Å². The topological polar surface area (TPSA) is 69.2 Å². The van der Waals surface area contributed by atoms with Gasteiger partial charge in [-0.3, -0.25) is 0 Å². The van der Waals surface area contributed by atoms with Crippen LogP contribution in [0.1, 0.15) is 24.6 Å². The molecule has 0 bridgehead atoms.